The summed E-state index contributed by atoms with van der Waals surface area (Å²) in [6.45, 7) is 2.40. The van der Waals surface area contributed by atoms with Crippen LogP contribution in [0.15, 0.2) is 48.5 Å². The number of nitrogens with one attached hydrogen (secondary N) is 2. The normalized spacial score (nSPS) is 16.8. The highest BCUT2D eigenvalue weighted by Gasteiger charge is 2.33. The van der Waals surface area contributed by atoms with Crippen molar-refractivity contribution in [2.45, 2.75) is 12.3 Å². The monoisotopic (exact) mass is 359 g/mol. The SMILES string of the molecule is CCNC(=O)Nc1ccc([C@@H]2SCC(=O)N2c2ccc(F)cc2)cc1. The van der Waals surface area contributed by atoms with Crippen LogP contribution in [0.25, 0.3) is 0 Å². The third-order valence-corrected chi connectivity index (χ3v) is 4.98. The largest absolute Gasteiger partial charge is 0.338 e. The second kappa shape index (κ2) is 7.57. The molecule has 2 aromatic carbocycles. The highest BCUT2D eigenvalue weighted by Crippen LogP contribution is 2.41. The molecule has 0 bridgehead atoms. The first-order chi connectivity index (χ1) is 12.1. The van der Waals surface area contributed by atoms with Crippen LogP contribution in [0.3, 0.4) is 0 Å². The molecule has 0 unspecified atom stereocenters. The number of amides is 3. The molecule has 2 N–H and O–H groups in total. The smallest absolute Gasteiger partial charge is 0.319 e. The third kappa shape index (κ3) is 3.93. The lowest BCUT2D eigenvalue weighted by Gasteiger charge is -2.24. The van der Waals surface area contributed by atoms with E-state index in [9.17, 15) is 14.0 Å². The number of anilines is 2. The Kier molecular flexibility index (Phi) is 5.23. The van der Waals surface area contributed by atoms with Crippen molar-refractivity contribution in [3.8, 4) is 0 Å². The van der Waals surface area contributed by atoms with Gasteiger partial charge in [-0.2, -0.15) is 0 Å². The second-order valence-electron chi connectivity index (χ2n) is 5.51. The third-order valence-electron chi connectivity index (χ3n) is 3.76. The summed E-state index contributed by atoms with van der Waals surface area (Å²) in [7, 11) is 0. The summed E-state index contributed by atoms with van der Waals surface area (Å²) in [4.78, 5) is 25.5. The van der Waals surface area contributed by atoms with Crippen LogP contribution >= 0.6 is 11.8 Å². The second-order valence-corrected chi connectivity index (χ2v) is 6.58. The molecule has 3 amide bonds. The van der Waals surface area contributed by atoms with Gasteiger partial charge in [-0.25, -0.2) is 9.18 Å². The molecule has 0 aliphatic carbocycles. The van der Waals surface area contributed by atoms with Gasteiger partial charge in [-0.3, -0.25) is 9.69 Å². The van der Waals surface area contributed by atoms with Gasteiger partial charge in [-0.15, -0.1) is 11.8 Å². The van der Waals surface area contributed by atoms with Crippen LogP contribution in [-0.2, 0) is 4.79 Å². The van der Waals surface area contributed by atoms with Crippen LogP contribution in [0.1, 0.15) is 17.9 Å². The highest BCUT2D eigenvalue weighted by atomic mass is 32.2. The van der Waals surface area contributed by atoms with Crippen molar-refractivity contribution in [2.24, 2.45) is 0 Å². The quantitative estimate of drug-likeness (QED) is 0.874. The van der Waals surface area contributed by atoms with Crippen molar-refractivity contribution in [3.63, 3.8) is 0 Å². The number of benzene rings is 2. The van der Waals surface area contributed by atoms with Gasteiger partial charge in [-0.1, -0.05) is 12.1 Å². The van der Waals surface area contributed by atoms with E-state index in [2.05, 4.69) is 10.6 Å². The Labute approximate surface area is 149 Å². The van der Waals surface area contributed by atoms with Gasteiger partial charge in [0, 0.05) is 17.9 Å². The molecule has 1 saturated heterocycles. The molecule has 1 heterocycles. The van der Waals surface area contributed by atoms with Crippen LogP contribution < -0.4 is 15.5 Å². The number of hydrogen-bond acceptors (Lipinski definition) is 3. The van der Waals surface area contributed by atoms with Crippen LogP contribution in [0.4, 0.5) is 20.6 Å². The Hall–Kier alpha value is -2.54. The molecule has 0 spiro atoms. The maximum Gasteiger partial charge on any atom is 0.319 e. The Balaban J connectivity index is 1.79. The van der Waals surface area contributed by atoms with Crippen LogP contribution in [0.5, 0.6) is 0 Å². The Morgan fingerprint density at radius 3 is 2.52 bits per heavy atom. The van der Waals surface area contributed by atoms with Gasteiger partial charge in [-0.05, 0) is 48.9 Å². The molecule has 1 aliphatic rings. The topological polar surface area (TPSA) is 61.4 Å². The van der Waals surface area contributed by atoms with Crippen LogP contribution in [0, 0.1) is 5.82 Å². The van der Waals surface area contributed by atoms with Crippen LogP contribution in [-0.4, -0.2) is 24.2 Å². The summed E-state index contributed by atoms with van der Waals surface area (Å²) < 4.78 is 13.1. The highest BCUT2D eigenvalue weighted by molar-refractivity contribution is 8.00. The minimum atomic E-state index is -0.333. The van der Waals surface area contributed by atoms with Crippen LogP contribution in [0.2, 0.25) is 0 Å². The molecule has 2 aromatic rings. The first-order valence-corrected chi connectivity index (χ1v) is 8.97. The number of rotatable bonds is 4. The van der Waals surface area contributed by atoms with E-state index in [1.54, 1.807) is 29.2 Å². The summed E-state index contributed by atoms with van der Waals surface area (Å²) >= 11 is 1.52. The molecule has 1 aliphatic heterocycles. The van der Waals surface area contributed by atoms with Crippen molar-refractivity contribution in [1.29, 1.82) is 0 Å². The lowest BCUT2D eigenvalue weighted by molar-refractivity contribution is -0.115. The zero-order chi connectivity index (χ0) is 17.8. The van der Waals surface area contributed by atoms with Gasteiger partial charge in [0.05, 0.1) is 5.75 Å². The minimum absolute atomic E-state index is 0.00821. The Morgan fingerprint density at radius 1 is 1.20 bits per heavy atom. The summed E-state index contributed by atoms with van der Waals surface area (Å²) in [6.07, 6.45) is 0. The van der Waals surface area contributed by atoms with E-state index < -0.39 is 0 Å². The predicted octanol–water partition coefficient (Wildman–Crippen LogP) is 3.75. The van der Waals surface area contributed by atoms with E-state index in [1.807, 2.05) is 19.1 Å². The molecule has 0 radical (unpaired) electrons. The molecule has 7 heteroatoms. The summed E-state index contributed by atoms with van der Waals surface area (Å²) in [5.74, 6) is 0.0348. The maximum absolute atomic E-state index is 13.1. The molecule has 1 fully saturated rings. The molecular weight excluding hydrogens is 341 g/mol. The fourth-order valence-corrected chi connectivity index (χ4v) is 3.80. The van der Waals surface area contributed by atoms with E-state index >= 15 is 0 Å². The van der Waals surface area contributed by atoms with E-state index in [1.165, 1.54) is 23.9 Å². The average molecular weight is 359 g/mol. The fourth-order valence-electron chi connectivity index (χ4n) is 2.62. The van der Waals surface area contributed by atoms with Gasteiger partial charge in [0.1, 0.15) is 11.2 Å². The van der Waals surface area contributed by atoms with Gasteiger partial charge in [0.2, 0.25) is 5.91 Å². The standard InChI is InChI=1S/C18H18FN3O2S/c1-2-20-18(24)21-14-7-3-12(4-8-14)17-22(16(23)11-25-17)15-9-5-13(19)6-10-15/h3-10,17H,2,11H2,1H3,(H2,20,21,24)/t17-/m0/s1. The van der Waals surface area contributed by atoms with Gasteiger partial charge < -0.3 is 10.6 Å². The number of thioether (sulfide) groups is 1. The van der Waals surface area contributed by atoms with Crippen molar-refractivity contribution in [2.75, 3.05) is 22.5 Å². The molecule has 130 valence electrons. The molecule has 0 aromatic heterocycles. The predicted molar refractivity (Wildman–Crippen MR) is 98.2 cm³/mol. The van der Waals surface area contributed by atoms with Crippen molar-refractivity contribution in [1.82, 2.24) is 5.32 Å². The average Bonchev–Trinajstić information content (AvgIpc) is 2.98. The van der Waals surface area contributed by atoms with Crippen molar-refractivity contribution < 1.29 is 14.0 Å². The molecular formula is C18H18FN3O2S. The number of urea groups is 1. The van der Waals surface area contributed by atoms with E-state index in [4.69, 9.17) is 0 Å². The molecule has 0 saturated carbocycles. The Morgan fingerprint density at radius 2 is 1.88 bits per heavy atom. The zero-order valence-electron chi connectivity index (χ0n) is 13.7. The first-order valence-electron chi connectivity index (χ1n) is 7.92. The molecule has 3 rings (SSSR count). The number of halogens is 1. The lowest BCUT2D eigenvalue weighted by Crippen LogP contribution is -2.28. The van der Waals surface area contributed by atoms with Crippen molar-refractivity contribution >= 4 is 35.1 Å². The first kappa shape index (κ1) is 17.3. The lowest BCUT2D eigenvalue weighted by atomic mass is 10.1. The van der Waals surface area contributed by atoms with E-state index in [-0.39, 0.29) is 23.1 Å². The van der Waals surface area contributed by atoms with E-state index in [0.717, 1.165) is 5.56 Å². The fraction of sp³-hybridized carbons (Fsp3) is 0.222. The van der Waals surface area contributed by atoms with E-state index in [0.29, 0.717) is 23.7 Å². The summed E-state index contributed by atoms with van der Waals surface area (Å²) in [5.41, 5.74) is 2.30. The molecule has 1 atom stereocenters. The van der Waals surface area contributed by atoms with Crippen molar-refractivity contribution in [3.05, 3.63) is 59.9 Å². The van der Waals surface area contributed by atoms with Gasteiger partial charge in [0.25, 0.3) is 0 Å². The molecule has 25 heavy (non-hydrogen) atoms. The van der Waals surface area contributed by atoms with Gasteiger partial charge >= 0.3 is 6.03 Å². The summed E-state index contributed by atoms with van der Waals surface area (Å²) in [5, 5.41) is 5.23. The zero-order valence-corrected chi connectivity index (χ0v) is 14.5. The number of carbonyl (C=O) groups is 2. The number of nitrogens with zero attached hydrogens (tertiary/aromatic N) is 1. The maximum atomic E-state index is 13.1. The van der Waals surface area contributed by atoms with Gasteiger partial charge in [0.15, 0.2) is 0 Å². The minimum Gasteiger partial charge on any atom is -0.338 e. The Bertz CT molecular complexity index is 765. The number of carbonyl (C=O) groups excluding carboxylic acids is 2. The summed E-state index contributed by atoms with van der Waals surface area (Å²) in [6, 6.07) is 13.0. The number of hydrogen-bond donors (Lipinski definition) is 2. The molecule has 5 nitrogen and oxygen atoms in total.